The van der Waals surface area contributed by atoms with Crippen molar-refractivity contribution in [3.05, 3.63) is 16.6 Å². The van der Waals surface area contributed by atoms with Crippen LogP contribution < -0.4 is 16.2 Å². The fraction of sp³-hybridized carbons (Fsp3) is 0.667. The number of nitrogens with zero attached hydrogens (tertiary/aromatic N) is 3. The van der Waals surface area contributed by atoms with Crippen LogP contribution in [0, 0.1) is 5.92 Å². The summed E-state index contributed by atoms with van der Waals surface area (Å²) < 4.78 is 0. The summed E-state index contributed by atoms with van der Waals surface area (Å²) in [5, 5.41) is 7.54. The molecule has 0 aromatic carbocycles. The molecule has 6 heteroatoms. The summed E-state index contributed by atoms with van der Waals surface area (Å²) in [7, 11) is 0. The van der Waals surface area contributed by atoms with Gasteiger partial charge in [-0.05, 0) is 25.3 Å². The van der Waals surface area contributed by atoms with Gasteiger partial charge in [0.05, 0.1) is 0 Å². The highest BCUT2D eigenvalue weighted by Crippen LogP contribution is 2.18. The number of H-pyrrole nitrogens is 1. The lowest BCUT2D eigenvalue weighted by atomic mass is 9.97. The standard InChI is InChI=1S/C9H15N5O/c10-5-7-1-3-14(4-2-7)9-12-8(15)6-11-13-9/h6-7H,1-5,10H2,(H,12,13,15). The smallest absolute Gasteiger partial charge is 0.271 e. The molecule has 2 heterocycles. The molecule has 0 atom stereocenters. The van der Waals surface area contributed by atoms with Crippen molar-refractivity contribution in [2.45, 2.75) is 12.8 Å². The molecule has 0 radical (unpaired) electrons. The molecule has 3 N–H and O–H groups in total. The van der Waals surface area contributed by atoms with Crippen LogP contribution in [0.5, 0.6) is 0 Å². The van der Waals surface area contributed by atoms with Gasteiger partial charge in [0.25, 0.3) is 5.56 Å². The fourth-order valence-corrected chi connectivity index (χ4v) is 1.83. The zero-order chi connectivity index (χ0) is 10.7. The molecule has 1 aliphatic rings. The SMILES string of the molecule is NCC1CCN(c2nncc(=O)[nH]2)CC1. The maximum atomic E-state index is 11.0. The molecule has 6 nitrogen and oxygen atoms in total. The molecule has 0 spiro atoms. The van der Waals surface area contributed by atoms with Crippen LogP contribution in [0.15, 0.2) is 11.0 Å². The summed E-state index contributed by atoms with van der Waals surface area (Å²) in [4.78, 5) is 15.8. The van der Waals surface area contributed by atoms with Crippen LogP contribution in [-0.4, -0.2) is 34.8 Å². The average molecular weight is 209 g/mol. The number of anilines is 1. The second-order valence-corrected chi connectivity index (χ2v) is 3.82. The number of aromatic nitrogens is 3. The van der Waals surface area contributed by atoms with Crippen molar-refractivity contribution in [1.29, 1.82) is 0 Å². The topological polar surface area (TPSA) is 87.9 Å². The predicted octanol–water partition coefficient (Wildman–Crippen LogP) is -0.660. The Morgan fingerprint density at radius 2 is 2.27 bits per heavy atom. The highest BCUT2D eigenvalue weighted by molar-refractivity contribution is 5.27. The molecule has 0 aliphatic carbocycles. The first kappa shape index (κ1) is 10.1. The minimum atomic E-state index is -0.207. The number of rotatable bonds is 2. The van der Waals surface area contributed by atoms with Gasteiger partial charge in [0.1, 0.15) is 6.20 Å². The van der Waals surface area contributed by atoms with E-state index in [0.29, 0.717) is 11.9 Å². The molecule has 1 aromatic rings. The van der Waals surface area contributed by atoms with E-state index in [2.05, 4.69) is 15.2 Å². The van der Waals surface area contributed by atoms with Gasteiger partial charge in [-0.2, -0.15) is 0 Å². The second-order valence-electron chi connectivity index (χ2n) is 3.82. The zero-order valence-electron chi connectivity index (χ0n) is 8.52. The number of nitrogens with one attached hydrogen (secondary N) is 1. The summed E-state index contributed by atoms with van der Waals surface area (Å²) >= 11 is 0. The molecule has 1 saturated heterocycles. The van der Waals surface area contributed by atoms with E-state index in [1.165, 1.54) is 6.20 Å². The van der Waals surface area contributed by atoms with Crippen molar-refractivity contribution in [3.8, 4) is 0 Å². The van der Waals surface area contributed by atoms with Crippen LogP contribution in [-0.2, 0) is 0 Å². The van der Waals surface area contributed by atoms with Crippen LogP contribution in [0.2, 0.25) is 0 Å². The minimum Gasteiger partial charge on any atom is -0.341 e. The molecule has 0 bridgehead atoms. The number of hydrogen-bond donors (Lipinski definition) is 2. The van der Waals surface area contributed by atoms with Gasteiger partial charge < -0.3 is 10.6 Å². The molecule has 1 fully saturated rings. The van der Waals surface area contributed by atoms with Gasteiger partial charge in [0.2, 0.25) is 5.95 Å². The van der Waals surface area contributed by atoms with Crippen LogP contribution in [0.3, 0.4) is 0 Å². The lowest BCUT2D eigenvalue weighted by Crippen LogP contribution is -2.37. The molecule has 82 valence electrons. The molecule has 1 aromatic heterocycles. The van der Waals surface area contributed by atoms with Gasteiger partial charge in [0.15, 0.2) is 0 Å². The summed E-state index contributed by atoms with van der Waals surface area (Å²) in [6.45, 7) is 2.51. The largest absolute Gasteiger partial charge is 0.341 e. The highest BCUT2D eigenvalue weighted by atomic mass is 16.1. The molecular formula is C9H15N5O. The summed E-state index contributed by atoms with van der Waals surface area (Å²) in [6, 6.07) is 0. The van der Waals surface area contributed by atoms with Crippen molar-refractivity contribution >= 4 is 5.95 Å². The van der Waals surface area contributed by atoms with Crippen LogP contribution in [0.1, 0.15) is 12.8 Å². The van der Waals surface area contributed by atoms with E-state index in [4.69, 9.17) is 5.73 Å². The maximum absolute atomic E-state index is 11.0. The summed E-state index contributed by atoms with van der Waals surface area (Å²) in [5.74, 6) is 1.17. The van der Waals surface area contributed by atoms with Crippen LogP contribution >= 0.6 is 0 Å². The van der Waals surface area contributed by atoms with E-state index in [1.54, 1.807) is 0 Å². The van der Waals surface area contributed by atoms with Crippen molar-refractivity contribution in [1.82, 2.24) is 15.2 Å². The summed E-state index contributed by atoms with van der Waals surface area (Å²) in [6.07, 6.45) is 3.28. The van der Waals surface area contributed by atoms with Crippen molar-refractivity contribution in [3.63, 3.8) is 0 Å². The van der Waals surface area contributed by atoms with Gasteiger partial charge in [-0.1, -0.05) is 0 Å². The Morgan fingerprint density at radius 3 is 2.87 bits per heavy atom. The first-order valence-corrected chi connectivity index (χ1v) is 5.16. The van der Waals surface area contributed by atoms with E-state index >= 15 is 0 Å². The maximum Gasteiger partial charge on any atom is 0.271 e. The Kier molecular flexibility index (Phi) is 2.96. The quantitative estimate of drug-likeness (QED) is 0.675. The van der Waals surface area contributed by atoms with Gasteiger partial charge in [-0.25, -0.2) is 0 Å². The Bertz CT molecular complexity index is 369. The van der Waals surface area contributed by atoms with E-state index in [1.807, 2.05) is 4.90 Å². The van der Waals surface area contributed by atoms with Crippen LogP contribution in [0.4, 0.5) is 5.95 Å². The predicted molar refractivity (Wildman–Crippen MR) is 56.6 cm³/mol. The average Bonchev–Trinajstić information content (AvgIpc) is 2.29. The third-order valence-electron chi connectivity index (χ3n) is 2.81. The fourth-order valence-electron chi connectivity index (χ4n) is 1.83. The van der Waals surface area contributed by atoms with Gasteiger partial charge in [0, 0.05) is 13.1 Å². The number of nitrogens with two attached hydrogens (primary N) is 1. The molecular weight excluding hydrogens is 194 g/mol. The van der Waals surface area contributed by atoms with Gasteiger partial charge in [-0.15, -0.1) is 10.2 Å². The monoisotopic (exact) mass is 209 g/mol. The highest BCUT2D eigenvalue weighted by Gasteiger charge is 2.19. The minimum absolute atomic E-state index is 0.207. The summed E-state index contributed by atoms with van der Waals surface area (Å²) in [5.41, 5.74) is 5.40. The van der Waals surface area contributed by atoms with E-state index in [-0.39, 0.29) is 5.56 Å². The second kappa shape index (κ2) is 4.39. The van der Waals surface area contributed by atoms with Crippen molar-refractivity contribution < 1.29 is 0 Å². The number of aromatic amines is 1. The molecule has 0 unspecified atom stereocenters. The molecule has 0 amide bonds. The molecule has 15 heavy (non-hydrogen) atoms. The normalized spacial score (nSPS) is 18.1. The third kappa shape index (κ3) is 2.33. The Morgan fingerprint density at radius 1 is 1.53 bits per heavy atom. The van der Waals surface area contributed by atoms with E-state index in [0.717, 1.165) is 32.5 Å². The van der Waals surface area contributed by atoms with Gasteiger partial charge >= 0.3 is 0 Å². The number of hydrogen-bond acceptors (Lipinski definition) is 5. The lowest BCUT2D eigenvalue weighted by molar-refractivity contribution is 0.410. The van der Waals surface area contributed by atoms with E-state index < -0.39 is 0 Å². The first-order chi connectivity index (χ1) is 7.29. The molecule has 1 aliphatic heterocycles. The van der Waals surface area contributed by atoms with Crippen molar-refractivity contribution in [2.24, 2.45) is 11.7 Å². The Balaban J connectivity index is 2.04. The molecule has 0 saturated carbocycles. The van der Waals surface area contributed by atoms with E-state index in [9.17, 15) is 4.79 Å². The van der Waals surface area contributed by atoms with Crippen LogP contribution in [0.25, 0.3) is 0 Å². The number of piperidine rings is 1. The lowest BCUT2D eigenvalue weighted by Gasteiger charge is -2.31. The third-order valence-corrected chi connectivity index (χ3v) is 2.81. The van der Waals surface area contributed by atoms with Gasteiger partial charge in [-0.3, -0.25) is 9.78 Å². The Hall–Kier alpha value is -1.43. The molecule has 2 rings (SSSR count). The van der Waals surface area contributed by atoms with Crippen molar-refractivity contribution in [2.75, 3.05) is 24.5 Å². The zero-order valence-corrected chi connectivity index (χ0v) is 8.52. The Labute approximate surface area is 87.5 Å². The first-order valence-electron chi connectivity index (χ1n) is 5.16.